The quantitative estimate of drug-likeness (QED) is 0.319. The summed E-state index contributed by atoms with van der Waals surface area (Å²) in [5.41, 5.74) is -1.72. The van der Waals surface area contributed by atoms with Crippen LogP contribution in [0.2, 0.25) is 0 Å². The Hall–Kier alpha value is -3.76. The molecule has 4 rings (SSSR count). The number of benzene rings is 1. The van der Waals surface area contributed by atoms with Crippen molar-refractivity contribution < 1.29 is 22.5 Å². The Morgan fingerprint density at radius 2 is 1.37 bits per heavy atom. The van der Waals surface area contributed by atoms with Crippen LogP contribution in [0.3, 0.4) is 0 Å². The van der Waals surface area contributed by atoms with E-state index in [2.05, 4.69) is 19.9 Å². The van der Waals surface area contributed by atoms with Crippen molar-refractivity contribution in [1.29, 1.82) is 0 Å². The van der Waals surface area contributed by atoms with Gasteiger partial charge in [-0.2, -0.15) is 0 Å². The summed E-state index contributed by atoms with van der Waals surface area (Å²) in [4.78, 5) is 23.1. The van der Waals surface area contributed by atoms with Crippen molar-refractivity contribution in [2.75, 3.05) is 0 Å². The molecule has 11 heteroatoms. The van der Waals surface area contributed by atoms with Crippen molar-refractivity contribution in [3.8, 4) is 22.8 Å². The highest BCUT2D eigenvalue weighted by Gasteiger charge is 2.24. The van der Waals surface area contributed by atoms with E-state index in [-0.39, 0.29) is 28.1 Å². The van der Waals surface area contributed by atoms with E-state index in [1.54, 1.807) is 0 Å². The van der Waals surface area contributed by atoms with Gasteiger partial charge in [-0.3, -0.25) is 10.1 Å². The standard InChI is InChI=1S/C16H7F4N5O2/c17-7-4-21-13(11(7)19)15-16(14-12(20)8(18)5-22-14)24-10-3-6(25(26)27)1-2-9(10)23-15/h1-5,21-22H. The van der Waals surface area contributed by atoms with Crippen molar-refractivity contribution in [2.45, 2.75) is 0 Å². The van der Waals surface area contributed by atoms with E-state index in [1.807, 2.05) is 0 Å². The first kappa shape index (κ1) is 16.7. The van der Waals surface area contributed by atoms with E-state index in [0.29, 0.717) is 0 Å². The third-order valence-electron chi connectivity index (χ3n) is 3.88. The van der Waals surface area contributed by atoms with E-state index in [1.165, 1.54) is 6.07 Å². The molecule has 3 heterocycles. The molecule has 0 fully saturated rings. The van der Waals surface area contributed by atoms with E-state index >= 15 is 0 Å². The second-order valence-electron chi connectivity index (χ2n) is 5.50. The molecule has 0 unspecified atom stereocenters. The van der Waals surface area contributed by atoms with E-state index in [9.17, 15) is 27.7 Å². The van der Waals surface area contributed by atoms with Gasteiger partial charge in [0.25, 0.3) is 5.69 Å². The number of non-ortho nitro benzene ring substituents is 1. The van der Waals surface area contributed by atoms with Crippen LogP contribution in [0.25, 0.3) is 33.8 Å². The third kappa shape index (κ3) is 2.60. The van der Waals surface area contributed by atoms with Gasteiger partial charge in [0.2, 0.25) is 0 Å². The monoisotopic (exact) mass is 377 g/mol. The summed E-state index contributed by atoms with van der Waals surface area (Å²) in [6.07, 6.45) is 1.46. The second kappa shape index (κ2) is 5.90. The number of nitro groups is 1. The van der Waals surface area contributed by atoms with Crippen molar-refractivity contribution >= 4 is 16.7 Å². The molecule has 0 aliphatic heterocycles. The van der Waals surface area contributed by atoms with Crippen molar-refractivity contribution in [1.82, 2.24) is 19.9 Å². The van der Waals surface area contributed by atoms with Crippen LogP contribution in [0.15, 0.2) is 30.6 Å². The van der Waals surface area contributed by atoms with E-state index < -0.39 is 39.6 Å². The molecule has 0 aliphatic carbocycles. The van der Waals surface area contributed by atoms with Gasteiger partial charge in [0.1, 0.15) is 22.8 Å². The first-order valence-electron chi connectivity index (χ1n) is 7.38. The summed E-state index contributed by atoms with van der Waals surface area (Å²) >= 11 is 0. The van der Waals surface area contributed by atoms with Crippen LogP contribution in [-0.2, 0) is 0 Å². The van der Waals surface area contributed by atoms with Crippen LogP contribution in [0.4, 0.5) is 23.2 Å². The molecule has 0 radical (unpaired) electrons. The number of H-pyrrole nitrogens is 2. The topological polar surface area (TPSA) is 100 Å². The number of nitrogens with zero attached hydrogens (tertiary/aromatic N) is 3. The molecule has 136 valence electrons. The van der Waals surface area contributed by atoms with Crippen LogP contribution in [-0.4, -0.2) is 24.9 Å². The number of hydrogen-bond donors (Lipinski definition) is 2. The van der Waals surface area contributed by atoms with Gasteiger partial charge < -0.3 is 9.97 Å². The molecule has 0 bridgehead atoms. The predicted molar refractivity (Wildman–Crippen MR) is 85.6 cm³/mol. The number of hydrogen-bond acceptors (Lipinski definition) is 4. The molecular weight excluding hydrogens is 370 g/mol. The van der Waals surface area contributed by atoms with Gasteiger partial charge >= 0.3 is 0 Å². The van der Waals surface area contributed by atoms with E-state index in [4.69, 9.17) is 0 Å². The fourth-order valence-corrected chi connectivity index (χ4v) is 2.61. The lowest BCUT2D eigenvalue weighted by atomic mass is 10.1. The summed E-state index contributed by atoms with van der Waals surface area (Å²) in [5.74, 6) is -4.99. The molecule has 0 spiro atoms. The summed E-state index contributed by atoms with van der Waals surface area (Å²) < 4.78 is 55.0. The Kier molecular flexibility index (Phi) is 3.65. The smallest absolute Gasteiger partial charge is 0.271 e. The molecule has 0 atom stereocenters. The highest BCUT2D eigenvalue weighted by atomic mass is 19.2. The molecule has 3 aromatic heterocycles. The van der Waals surface area contributed by atoms with Gasteiger partial charge in [0, 0.05) is 24.5 Å². The van der Waals surface area contributed by atoms with Crippen LogP contribution in [0.1, 0.15) is 0 Å². The number of aromatic amines is 2. The second-order valence-corrected chi connectivity index (χ2v) is 5.50. The largest absolute Gasteiger partial charge is 0.355 e. The molecule has 27 heavy (non-hydrogen) atoms. The maximum Gasteiger partial charge on any atom is 0.271 e. The number of nitro benzene ring substituents is 1. The maximum absolute atomic E-state index is 14.1. The van der Waals surface area contributed by atoms with Gasteiger partial charge in [-0.1, -0.05) is 0 Å². The summed E-state index contributed by atoms with van der Waals surface area (Å²) in [6, 6.07) is 3.50. The van der Waals surface area contributed by atoms with Gasteiger partial charge in [0.05, 0.1) is 16.0 Å². The molecule has 4 aromatic rings. The average molecular weight is 377 g/mol. The zero-order chi connectivity index (χ0) is 19.3. The minimum Gasteiger partial charge on any atom is -0.355 e. The first-order valence-corrected chi connectivity index (χ1v) is 7.38. The molecule has 1 aromatic carbocycles. The summed E-state index contributed by atoms with van der Waals surface area (Å²) in [6.45, 7) is 0. The molecule has 7 nitrogen and oxygen atoms in total. The normalized spacial score (nSPS) is 11.3. The number of aromatic nitrogens is 4. The lowest BCUT2D eigenvalue weighted by Gasteiger charge is -2.08. The lowest BCUT2D eigenvalue weighted by Crippen LogP contribution is -1.99. The molecule has 0 amide bonds. The fourth-order valence-electron chi connectivity index (χ4n) is 2.61. The van der Waals surface area contributed by atoms with Gasteiger partial charge in [-0.25, -0.2) is 27.5 Å². The van der Waals surface area contributed by atoms with Crippen molar-refractivity contribution in [2.24, 2.45) is 0 Å². The molecular formula is C16H7F4N5O2. The zero-order valence-electron chi connectivity index (χ0n) is 13.1. The van der Waals surface area contributed by atoms with Gasteiger partial charge in [-0.05, 0) is 6.07 Å². The summed E-state index contributed by atoms with van der Waals surface area (Å²) in [7, 11) is 0. The Morgan fingerprint density at radius 1 is 0.852 bits per heavy atom. The Balaban J connectivity index is 2.07. The van der Waals surface area contributed by atoms with Crippen LogP contribution in [0, 0.1) is 33.4 Å². The Bertz CT molecular complexity index is 1220. The van der Waals surface area contributed by atoms with Gasteiger partial charge in [-0.15, -0.1) is 0 Å². The predicted octanol–water partition coefficient (Wildman–Crippen LogP) is 4.08. The van der Waals surface area contributed by atoms with Crippen LogP contribution >= 0.6 is 0 Å². The van der Waals surface area contributed by atoms with Crippen LogP contribution < -0.4 is 0 Å². The highest BCUT2D eigenvalue weighted by molar-refractivity contribution is 5.86. The van der Waals surface area contributed by atoms with Crippen molar-refractivity contribution in [3.63, 3.8) is 0 Å². The minimum absolute atomic E-state index is 0.00945. The van der Waals surface area contributed by atoms with Crippen LogP contribution in [0.5, 0.6) is 0 Å². The van der Waals surface area contributed by atoms with Crippen molar-refractivity contribution in [3.05, 3.63) is 64.0 Å². The molecule has 0 aliphatic rings. The SMILES string of the molecule is O=[N+]([O-])c1ccc2nc(-c3[nH]cc(F)c3F)c(-c3[nH]cc(F)c3F)nc2c1. The summed E-state index contributed by atoms with van der Waals surface area (Å²) in [5, 5.41) is 10.9. The number of halogens is 4. The molecule has 2 N–H and O–H groups in total. The number of nitrogens with one attached hydrogen (secondary N) is 2. The Labute approximate surface area is 146 Å². The highest BCUT2D eigenvalue weighted by Crippen LogP contribution is 2.34. The average Bonchev–Trinajstić information content (AvgIpc) is 3.16. The molecule has 0 saturated heterocycles. The number of rotatable bonds is 3. The molecule has 0 saturated carbocycles. The Morgan fingerprint density at radius 3 is 1.81 bits per heavy atom. The van der Waals surface area contributed by atoms with E-state index in [0.717, 1.165) is 24.5 Å². The fraction of sp³-hybridized carbons (Fsp3) is 0. The van der Waals surface area contributed by atoms with Gasteiger partial charge in [0.15, 0.2) is 23.3 Å². The lowest BCUT2D eigenvalue weighted by molar-refractivity contribution is -0.384. The maximum atomic E-state index is 14.1. The minimum atomic E-state index is -1.30. The zero-order valence-corrected chi connectivity index (χ0v) is 13.1. The number of fused-ring (bicyclic) bond motifs is 1. The first-order chi connectivity index (χ1) is 12.9. The third-order valence-corrected chi connectivity index (χ3v) is 3.88.